The first-order valence-corrected chi connectivity index (χ1v) is 13.2. The van der Waals surface area contributed by atoms with Crippen LogP contribution in [-0.4, -0.2) is 31.4 Å². The Kier molecular flexibility index (Phi) is 7.40. The Hall–Kier alpha value is -4.88. The molecule has 0 spiro atoms. The molecule has 0 unspecified atom stereocenters. The summed E-state index contributed by atoms with van der Waals surface area (Å²) in [7, 11) is 3.06. The van der Waals surface area contributed by atoms with Crippen LogP contribution < -0.4 is 24.4 Å². The number of ether oxygens (including phenoxy) is 3. The molecule has 2 aromatic heterocycles. The van der Waals surface area contributed by atoms with Crippen molar-refractivity contribution in [2.75, 3.05) is 20.8 Å². The number of carbonyl (C=O) groups is 1. The van der Waals surface area contributed by atoms with Crippen molar-refractivity contribution in [3.8, 4) is 28.9 Å². The Balaban J connectivity index is 1.68. The van der Waals surface area contributed by atoms with Gasteiger partial charge in [-0.1, -0.05) is 23.5 Å². The number of allylic oxidation sites excluding steroid dienone is 1. The van der Waals surface area contributed by atoms with E-state index in [1.165, 1.54) is 23.0 Å². The molecule has 10 heteroatoms. The first-order chi connectivity index (χ1) is 19.4. The van der Waals surface area contributed by atoms with Gasteiger partial charge in [0.25, 0.3) is 5.56 Å². The van der Waals surface area contributed by atoms with Gasteiger partial charge in [0.15, 0.2) is 4.80 Å². The molecule has 0 aliphatic carbocycles. The molecule has 9 nitrogen and oxygen atoms in total. The molecule has 1 aliphatic heterocycles. The van der Waals surface area contributed by atoms with Crippen LogP contribution in [0.5, 0.6) is 11.5 Å². The number of fused-ring (bicyclic) bond motifs is 1. The number of carbonyl (C=O) groups excluding carboxylic acids is 1. The molecule has 40 heavy (non-hydrogen) atoms. The molecule has 0 bridgehead atoms. The van der Waals surface area contributed by atoms with Gasteiger partial charge >= 0.3 is 5.97 Å². The highest BCUT2D eigenvalue weighted by Gasteiger charge is 2.35. The van der Waals surface area contributed by atoms with E-state index < -0.39 is 12.0 Å². The Bertz CT molecular complexity index is 1870. The van der Waals surface area contributed by atoms with Gasteiger partial charge in [-0.05, 0) is 50.2 Å². The summed E-state index contributed by atoms with van der Waals surface area (Å²) in [6.45, 7) is 3.61. The van der Waals surface area contributed by atoms with Crippen molar-refractivity contribution >= 4 is 23.4 Å². The van der Waals surface area contributed by atoms with Crippen LogP contribution in [0.3, 0.4) is 0 Å². The predicted octanol–water partition coefficient (Wildman–Crippen LogP) is 3.95. The van der Waals surface area contributed by atoms with Crippen LogP contribution in [0.2, 0.25) is 0 Å². The van der Waals surface area contributed by atoms with Gasteiger partial charge in [-0.2, -0.15) is 5.26 Å². The van der Waals surface area contributed by atoms with E-state index in [9.17, 15) is 14.9 Å². The van der Waals surface area contributed by atoms with E-state index in [1.54, 1.807) is 75.6 Å². The number of methoxy groups -OCH3 is 2. The van der Waals surface area contributed by atoms with Crippen LogP contribution >= 0.6 is 11.3 Å². The minimum absolute atomic E-state index is 0.169. The summed E-state index contributed by atoms with van der Waals surface area (Å²) in [5.74, 6) is 1.40. The maximum atomic E-state index is 13.9. The fourth-order valence-electron chi connectivity index (χ4n) is 4.63. The number of nitriles is 1. The van der Waals surface area contributed by atoms with E-state index in [-0.39, 0.29) is 17.7 Å². The average molecular weight is 556 g/mol. The Morgan fingerprint density at radius 1 is 1.18 bits per heavy atom. The molecular weight excluding hydrogens is 530 g/mol. The molecule has 0 amide bonds. The molecule has 0 saturated heterocycles. The highest BCUT2D eigenvalue weighted by molar-refractivity contribution is 7.07. The lowest BCUT2D eigenvalue weighted by Gasteiger charge is -2.26. The molecule has 1 atom stereocenters. The summed E-state index contributed by atoms with van der Waals surface area (Å²) in [6, 6.07) is 17.2. The smallest absolute Gasteiger partial charge is 0.338 e. The molecular formula is C30H25N3O6S. The molecule has 1 aliphatic rings. The average Bonchev–Trinajstić information content (AvgIpc) is 3.56. The summed E-state index contributed by atoms with van der Waals surface area (Å²) in [4.78, 5) is 32.1. The van der Waals surface area contributed by atoms with Crippen LogP contribution in [0.1, 0.15) is 36.8 Å². The Morgan fingerprint density at radius 2 is 1.98 bits per heavy atom. The minimum atomic E-state index is -0.840. The van der Waals surface area contributed by atoms with Gasteiger partial charge in [0.1, 0.15) is 29.1 Å². The standard InChI is InChI=1S/C30H25N3O6S/c1-5-38-29(35)26-17(2)32-30-33(27(26)22-12-10-19(36-3)14-24(22)37-4)28(34)25(40-30)15-20-11-13-23(39-20)21-9-7-6-8-18(21)16-31/h6-15,27H,5H2,1-4H3/t27-/m0/s1. The van der Waals surface area contributed by atoms with Crippen LogP contribution in [0, 0.1) is 11.3 Å². The minimum Gasteiger partial charge on any atom is -0.497 e. The van der Waals surface area contributed by atoms with Gasteiger partial charge in [0.2, 0.25) is 0 Å². The number of hydrogen-bond acceptors (Lipinski definition) is 9. The first kappa shape index (κ1) is 26.7. The highest BCUT2D eigenvalue weighted by Crippen LogP contribution is 2.37. The number of benzene rings is 2. The van der Waals surface area contributed by atoms with Crippen LogP contribution in [0.15, 0.2) is 80.1 Å². The number of hydrogen-bond donors (Lipinski definition) is 0. The van der Waals surface area contributed by atoms with Crippen molar-refractivity contribution in [3.05, 3.63) is 102 Å². The number of esters is 1. The number of thiazole rings is 1. The number of nitrogens with zero attached hydrogens (tertiary/aromatic N) is 3. The van der Waals surface area contributed by atoms with Crippen molar-refractivity contribution in [2.45, 2.75) is 19.9 Å². The van der Waals surface area contributed by atoms with Gasteiger partial charge < -0.3 is 18.6 Å². The number of furan rings is 1. The van der Waals surface area contributed by atoms with E-state index in [2.05, 4.69) is 11.1 Å². The van der Waals surface area contributed by atoms with Crippen molar-refractivity contribution in [2.24, 2.45) is 4.99 Å². The molecule has 0 radical (unpaired) electrons. The van der Waals surface area contributed by atoms with E-state index in [1.807, 2.05) is 6.07 Å². The molecule has 3 heterocycles. The Labute approximate surface area is 233 Å². The monoisotopic (exact) mass is 555 g/mol. The van der Waals surface area contributed by atoms with Crippen LogP contribution in [0.25, 0.3) is 17.4 Å². The largest absolute Gasteiger partial charge is 0.497 e. The van der Waals surface area contributed by atoms with Crippen molar-refractivity contribution < 1.29 is 23.4 Å². The highest BCUT2D eigenvalue weighted by atomic mass is 32.1. The molecule has 0 fully saturated rings. The second-order valence-corrected chi connectivity index (χ2v) is 9.78. The number of rotatable bonds is 7. The fraction of sp³-hybridized carbons (Fsp3) is 0.200. The van der Waals surface area contributed by atoms with Crippen LogP contribution in [-0.2, 0) is 9.53 Å². The second-order valence-electron chi connectivity index (χ2n) is 8.77. The summed E-state index contributed by atoms with van der Waals surface area (Å²) in [6.07, 6.45) is 1.63. The molecule has 0 saturated carbocycles. The van der Waals surface area contributed by atoms with E-state index in [0.717, 1.165) is 0 Å². The summed E-state index contributed by atoms with van der Waals surface area (Å²) >= 11 is 1.18. The summed E-state index contributed by atoms with van der Waals surface area (Å²) < 4.78 is 24.2. The lowest BCUT2D eigenvalue weighted by Crippen LogP contribution is -2.40. The van der Waals surface area contributed by atoms with Gasteiger partial charge in [0, 0.05) is 23.3 Å². The maximum Gasteiger partial charge on any atom is 0.338 e. The van der Waals surface area contributed by atoms with Gasteiger partial charge in [-0.3, -0.25) is 9.36 Å². The van der Waals surface area contributed by atoms with E-state index >= 15 is 0 Å². The molecule has 0 N–H and O–H groups in total. The van der Waals surface area contributed by atoms with Crippen LogP contribution in [0.4, 0.5) is 0 Å². The molecule has 4 aromatic rings. The van der Waals surface area contributed by atoms with Crippen molar-refractivity contribution in [1.29, 1.82) is 5.26 Å². The third kappa shape index (κ3) is 4.72. The van der Waals surface area contributed by atoms with Crippen molar-refractivity contribution in [1.82, 2.24) is 4.57 Å². The SMILES string of the molecule is CCOC(=O)C1=C(C)N=c2sc(=Cc3ccc(-c4ccccc4C#N)o3)c(=O)n2[C@H]1c1ccc(OC)cc1OC. The summed E-state index contributed by atoms with van der Waals surface area (Å²) in [5, 5.41) is 9.45. The quantitative estimate of drug-likeness (QED) is 0.317. The van der Waals surface area contributed by atoms with E-state index in [4.69, 9.17) is 18.6 Å². The second kappa shape index (κ2) is 11.1. The molecule has 2 aromatic carbocycles. The Morgan fingerprint density at radius 3 is 2.70 bits per heavy atom. The third-order valence-corrected chi connectivity index (χ3v) is 7.45. The maximum absolute atomic E-state index is 13.9. The number of aromatic nitrogens is 1. The molecule has 202 valence electrons. The van der Waals surface area contributed by atoms with Gasteiger partial charge in [-0.15, -0.1) is 0 Å². The normalized spacial score (nSPS) is 14.8. The predicted molar refractivity (Wildman–Crippen MR) is 149 cm³/mol. The fourth-order valence-corrected chi connectivity index (χ4v) is 5.66. The van der Waals surface area contributed by atoms with E-state index in [0.29, 0.717) is 54.7 Å². The first-order valence-electron chi connectivity index (χ1n) is 12.4. The lowest BCUT2D eigenvalue weighted by atomic mass is 9.95. The lowest BCUT2D eigenvalue weighted by molar-refractivity contribution is -0.139. The zero-order valence-electron chi connectivity index (χ0n) is 22.3. The topological polar surface area (TPSA) is 116 Å². The summed E-state index contributed by atoms with van der Waals surface area (Å²) in [5.41, 5.74) is 2.07. The zero-order chi connectivity index (χ0) is 28.4. The van der Waals surface area contributed by atoms with Gasteiger partial charge in [0.05, 0.1) is 48.3 Å². The van der Waals surface area contributed by atoms with Crippen molar-refractivity contribution in [3.63, 3.8) is 0 Å². The van der Waals surface area contributed by atoms with Gasteiger partial charge in [-0.25, -0.2) is 9.79 Å². The molecule has 5 rings (SSSR count). The third-order valence-electron chi connectivity index (χ3n) is 6.47. The zero-order valence-corrected chi connectivity index (χ0v) is 23.1.